The van der Waals surface area contributed by atoms with Crippen LogP contribution in [0.15, 0.2) is 24.4 Å². The number of nitrogens with zero attached hydrogens (tertiary/aromatic N) is 1. The lowest BCUT2D eigenvalue weighted by Gasteiger charge is -2.12. The molecule has 0 amide bonds. The van der Waals surface area contributed by atoms with E-state index in [0.29, 0.717) is 5.92 Å². The number of carbonyl (C=O) groups is 1. The molecule has 1 saturated carbocycles. The third-order valence-electron chi connectivity index (χ3n) is 2.98. The average molecular weight is 191 g/mol. The Hall–Kier alpha value is -1.38. The third-order valence-corrected chi connectivity index (χ3v) is 2.98. The Morgan fingerprint density at radius 3 is 2.79 bits per heavy atom. The van der Waals surface area contributed by atoms with Crippen LogP contribution in [0.3, 0.4) is 0 Å². The van der Waals surface area contributed by atoms with Gasteiger partial charge in [-0.1, -0.05) is 13.0 Å². The maximum atomic E-state index is 11.6. The quantitative estimate of drug-likeness (QED) is 0.665. The number of aromatic nitrogens is 1. The summed E-state index contributed by atoms with van der Waals surface area (Å²) < 4.78 is 4.82. The maximum Gasteiger partial charge on any atom is 0.318 e. The summed E-state index contributed by atoms with van der Waals surface area (Å²) in [5, 5.41) is 0. The maximum absolute atomic E-state index is 11.6. The van der Waals surface area contributed by atoms with E-state index < -0.39 is 5.41 Å². The zero-order chi connectivity index (χ0) is 10.2. The van der Waals surface area contributed by atoms with Crippen molar-refractivity contribution in [3.8, 4) is 0 Å². The first-order chi connectivity index (χ1) is 6.71. The van der Waals surface area contributed by atoms with Crippen molar-refractivity contribution in [3.63, 3.8) is 0 Å². The van der Waals surface area contributed by atoms with Gasteiger partial charge in [0.05, 0.1) is 12.8 Å². The molecule has 1 aromatic heterocycles. The summed E-state index contributed by atoms with van der Waals surface area (Å²) >= 11 is 0. The fourth-order valence-electron chi connectivity index (χ4n) is 1.98. The molecule has 0 saturated heterocycles. The van der Waals surface area contributed by atoms with Gasteiger partial charge in [0.2, 0.25) is 0 Å². The van der Waals surface area contributed by atoms with E-state index in [4.69, 9.17) is 4.74 Å². The first kappa shape index (κ1) is 9.19. The zero-order valence-electron chi connectivity index (χ0n) is 8.36. The van der Waals surface area contributed by atoms with Gasteiger partial charge in [-0.2, -0.15) is 0 Å². The van der Waals surface area contributed by atoms with Gasteiger partial charge in [0, 0.05) is 6.20 Å². The molecular weight excluding hydrogens is 178 g/mol. The monoisotopic (exact) mass is 191 g/mol. The van der Waals surface area contributed by atoms with Gasteiger partial charge in [-0.25, -0.2) is 0 Å². The van der Waals surface area contributed by atoms with Gasteiger partial charge in [0.1, 0.15) is 5.41 Å². The number of hydrogen-bond acceptors (Lipinski definition) is 3. The Morgan fingerprint density at radius 1 is 1.64 bits per heavy atom. The highest BCUT2D eigenvalue weighted by molar-refractivity contribution is 5.86. The van der Waals surface area contributed by atoms with Crippen LogP contribution in [-0.4, -0.2) is 18.1 Å². The average Bonchev–Trinajstić information content (AvgIpc) is 2.92. The van der Waals surface area contributed by atoms with E-state index in [0.717, 1.165) is 12.1 Å². The van der Waals surface area contributed by atoms with Gasteiger partial charge in [0.15, 0.2) is 0 Å². The molecule has 2 atom stereocenters. The van der Waals surface area contributed by atoms with Crippen molar-refractivity contribution < 1.29 is 9.53 Å². The number of ether oxygens (including phenoxy) is 1. The molecule has 0 bridgehead atoms. The molecule has 1 aliphatic carbocycles. The Morgan fingerprint density at radius 2 is 2.36 bits per heavy atom. The summed E-state index contributed by atoms with van der Waals surface area (Å²) in [5.74, 6) is 0.175. The molecule has 0 aliphatic heterocycles. The molecule has 3 nitrogen and oxygen atoms in total. The summed E-state index contributed by atoms with van der Waals surface area (Å²) in [7, 11) is 1.43. The van der Waals surface area contributed by atoms with E-state index in [1.54, 1.807) is 6.20 Å². The van der Waals surface area contributed by atoms with Crippen LogP contribution in [0.5, 0.6) is 0 Å². The number of carbonyl (C=O) groups excluding carboxylic acids is 1. The molecule has 1 aliphatic rings. The summed E-state index contributed by atoms with van der Waals surface area (Å²) in [5.41, 5.74) is 0.370. The summed E-state index contributed by atoms with van der Waals surface area (Å²) in [6.45, 7) is 2.05. The molecule has 0 radical (unpaired) electrons. The van der Waals surface area contributed by atoms with E-state index >= 15 is 0 Å². The van der Waals surface area contributed by atoms with Gasteiger partial charge >= 0.3 is 5.97 Å². The smallest absolute Gasteiger partial charge is 0.318 e. The van der Waals surface area contributed by atoms with Crippen LogP contribution in [0.1, 0.15) is 19.0 Å². The third kappa shape index (κ3) is 1.12. The SMILES string of the molecule is COC(=O)C1(c2ccccn2)CC1C. The zero-order valence-corrected chi connectivity index (χ0v) is 8.36. The molecule has 74 valence electrons. The van der Waals surface area contributed by atoms with Crippen molar-refractivity contribution in [2.24, 2.45) is 5.92 Å². The molecule has 3 heteroatoms. The van der Waals surface area contributed by atoms with Crippen LogP contribution in [0, 0.1) is 5.92 Å². The lowest BCUT2D eigenvalue weighted by atomic mass is 9.99. The fourth-order valence-corrected chi connectivity index (χ4v) is 1.98. The fraction of sp³-hybridized carbons (Fsp3) is 0.455. The molecule has 1 fully saturated rings. The minimum Gasteiger partial charge on any atom is -0.468 e. The van der Waals surface area contributed by atoms with Crippen molar-refractivity contribution >= 4 is 5.97 Å². The van der Waals surface area contributed by atoms with Gasteiger partial charge in [-0.3, -0.25) is 9.78 Å². The van der Waals surface area contributed by atoms with Gasteiger partial charge < -0.3 is 4.74 Å². The number of esters is 1. The molecule has 0 spiro atoms. The minimum absolute atomic E-state index is 0.163. The number of pyridine rings is 1. The van der Waals surface area contributed by atoms with E-state index in [1.807, 2.05) is 25.1 Å². The summed E-state index contributed by atoms with van der Waals surface area (Å²) in [6, 6.07) is 5.64. The second-order valence-corrected chi connectivity index (χ2v) is 3.78. The van der Waals surface area contributed by atoms with Crippen molar-refractivity contribution in [1.82, 2.24) is 4.98 Å². The molecule has 1 heterocycles. The van der Waals surface area contributed by atoms with E-state index in [9.17, 15) is 4.79 Å². The van der Waals surface area contributed by atoms with Crippen LogP contribution >= 0.6 is 0 Å². The lowest BCUT2D eigenvalue weighted by Crippen LogP contribution is -2.25. The number of rotatable bonds is 2. The van der Waals surface area contributed by atoms with Gasteiger partial charge in [-0.05, 0) is 24.5 Å². The molecule has 1 aromatic rings. The Labute approximate surface area is 83.1 Å². The van der Waals surface area contributed by atoms with E-state index in [2.05, 4.69) is 4.98 Å². The van der Waals surface area contributed by atoms with Gasteiger partial charge in [-0.15, -0.1) is 0 Å². The first-order valence-electron chi connectivity index (χ1n) is 4.71. The normalized spacial score (nSPS) is 29.7. The Balaban J connectivity index is 2.36. The van der Waals surface area contributed by atoms with E-state index in [-0.39, 0.29) is 5.97 Å². The van der Waals surface area contributed by atoms with Crippen LogP contribution in [0.4, 0.5) is 0 Å². The second-order valence-electron chi connectivity index (χ2n) is 3.78. The van der Waals surface area contributed by atoms with Crippen molar-refractivity contribution in [2.45, 2.75) is 18.8 Å². The van der Waals surface area contributed by atoms with E-state index in [1.165, 1.54) is 7.11 Å². The summed E-state index contributed by atoms with van der Waals surface area (Å²) in [6.07, 6.45) is 2.56. The van der Waals surface area contributed by atoms with Crippen LogP contribution in [-0.2, 0) is 14.9 Å². The molecule has 2 unspecified atom stereocenters. The number of methoxy groups -OCH3 is 1. The Bertz CT molecular complexity index is 350. The first-order valence-corrected chi connectivity index (χ1v) is 4.71. The van der Waals surface area contributed by atoms with Crippen molar-refractivity contribution in [3.05, 3.63) is 30.1 Å². The van der Waals surface area contributed by atoms with Crippen LogP contribution in [0.25, 0.3) is 0 Å². The highest BCUT2D eigenvalue weighted by Gasteiger charge is 2.60. The topological polar surface area (TPSA) is 39.2 Å². The molecule has 14 heavy (non-hydrogen) atoms. The van der Waals surface area contributed by atoms with Crippen molar-refractivity contribution in [2.75, 3.05) is 7.11 Å². The Kier molecular flexibility index (Phi) is 2.02. The van der Waals surface area contributed by atoms with Gasteiger partial charge in [0.25, 0.3) is 0 Å². The standard InChI is InChI=1S/C11H13NO2/c1-8-7-11(8,10(13)14-2)9-5-3-4-6-12-9/h3-6,8H,7H2,1-2H3. The molecule has 0 N–H and O–H groups in total. The van der Waals surface area contributed by atoms with Crippen LogP contribution < -0.4 is 0 Å². The second kappa shape index (κ2) is 3.08. The highest BCUT2D eigenvalue weighted by Crippen LogP contribution is 2.53. The molecule has 2 rings (SSSR count). The molecule has 0 aromatic carbocycles. The number of hydrogen-bond donors (Lipinski definition) is 0. The largest absolute Gasteiger partial charge is 0.468 e. The lowest BCUT2D eigenvalue weighted by molar-refractivity contribution is -0.144. The van der Waals surface area contributed by atoms with Crippen molar-refractivity contribution in [1.29, 1.82) is 0 Å². The highest BCUT2D eigenvalue weighted by atomic mass is 16.5. The van der Waals surface area contributed by atoms with Crippen LogP contribution in [0.2, 0.25) is 0 Å². The minimum atomic E-state index is -0.462. The predicted molar refractivity (Wildman–Crippen MR) is 51.7 cm³/mol. The predicted octanol–water partition coefficient (Wildman–Crippen LogP) is 1.53. The summed E-state index contributed by atoms with van der Waals surface area (Å²) in [4.78, 5) is 15.9. The molecular formula is C11H13NO2.